The Morgan fingerprint density at radius 1 is 0.867 bits per heavy atom. The molecular formula is C9H4I4O2. The first kappa shape index (κ1) is 13.1. The van der Waals surface area contributed by atoms with Crippen molar-refractivity contribution in [2.24, 2.45) is 0 Å². The summed E-state index contributed by atoms with van der Waals surface area (Å²) in [5.41, 5.74) is 1.18. The number of benzene rings is 1. The number of rotatable bonds is 0. The molecule has 15 heavy (non-hydrogen) atoms. The third kappa shape index (κ3) is 2.41. The first-order valence-corrected chi connectivity index (χ1v) is 8.39. The van der Waals surface area contributed by atoms with Crippen molar-refractivity contribution in [3.63, 3.8) is 0 Å². The van der Waals surface area contributed by atoms with Gasteiger partial charge in [-0.1, -0.05) is 0 Å². The minimum atomic E-state index is -0.117. The molecule has 1 aliphatic rings. The van der Waals surface area contributed by atoms with Gasteiger partial charge in [0, 0.05) is 16.3 Å². The number of hydrogen-bond donors (Lipinski definition) is 0. The number of halogens is 4. The zero-order valence-corrected chi connectivity index (χ0v) is 15.9. The van der Waals surface area contributed by atoms with Crippen LogP contribution in [0.4, 0.5) is 0 Å². The number of carbonyl (C=O) groups is 1. The Balaban J connectivity index is 2.70. The van der Waals surface area contributed by atoms with E-state index < -0.39 is 0 Å². The fourth-order valence-corrected chi connectivity index (χ4v) is 5.01. The number of fused-ring (bicyclic) bond motifs is 1. The predicted octanol–water partition coefficient (Wildman–Crippen LogP) is 3.96. The van der Waals surface area contributed by atoms with Crippen molar-refractivity contribution in [1.29, 1.82) is 0 Å². The van der Waals surface area contributed by atoms with E-state index in [-0.39, 0.29) is 5.97 Å². The highest BCUT2D eigenvalue weighted by atomic mass is 127. The van der Waals surface area contributed by atoms with Gasteiger partial charge in [-0.3, -0.25) is 4.79 Å². The molecule has 80 valence electrons. The molecule has 0 atom stereocenters. The smallest absolute Gasteiger partial charge is 0.311 e. The molecular weight excluding hydrogens is 648 g/mol. The zero-order valence-electron chi connectivity index (χ0n) is 7.24. The molecule has 0 aromatic heterocycles. The lowest BCUT2D eigenvalue weighted by atomic mass is 10.1. The Hall–Kier alpha value is 1.61. The first-order valence-electron chi connectivity index (χ1n) is 4.08. The second-order valence-corrected chi connectivity index (χ2v) is 7.35. The van der Waals surface area contributed by atoms with Gasteiger partial charge in [-0.2, -0.15) is 0 Å². The summed E-state index contributed by atoms with van der Waals surface area (Å²) in [5, 5.41) is 0. The molecule has 0 saturated heterocycles. The van der Waals surface area contributed by atoms with Crippen LogP contribution in [-0.4, -0.2) is 5.97 Å². The van der Waals surface area contributed by atoms with Gasteiger partial charge in [0.25, 0.3) is 0 Å². The van der Waals surface area contributed by atoms with Crippen LogP contribution in [0.5, 0.6) is 5.75 Å². The highest BCUT2D eigenvalue weighted by molar-refractivity contribution is 14.1. The Morgan fingerprint density at radius 3 is 2.13 bits per heavy atom. The van der Waals surface area contributed by atoms with Crippen LogP contribution in [0.1, 0.15) is 12.0 Å². The fraction of sp³-hybridized carbons (Fsp3) is 0.222. The lowest BCUT2D eigenvalue weighted by Crippen LogP contribution is -2.19. The lowest BCUT2D eigenvalue weighted by Gasteiger charge is -2.20. The maximum Gasteiger partial charge on any atom is 0.311 e. The molecule has 2 rings (SSSR count). The van der Waals surface area contributed by atoms with E-state index in [9.17, 15) is 4.79 Å². The molecule has 6 heteroatoms. The monoisotopic (exact) mass is 652 g/mol. The average Bonchev–Trinajstić information content (AvgIpc) is 2.23. The molecule has 1 aromatic rings. The van der Waals surface area contributed by atoms with Crippen LogP contribution in [-0.2, 0) is 11.2 Å². The van der Waals surface area contributed by atoms with Gasteiger partial charge in [0.15, 0.2) is 0 Å². The highest BCUT2D eigenvalue weighted by Gasteiger charge is 2.25. The second kappa shape index (κ2) is 5.08. The van der Waals surface area contributed by atoms with Crippen molar-refractivity contribution in [2.75, 3.05) is 0 Å². The number of hydrogen-bond acceptors (Lipinski definition) is 2. The number of esters is 1. The van der Waals surface area contributed by atoms with Crippen LogP contribution in [0, 0.1) is 14.3 Å². The molecule has 1 aliphatic heterocycles. The van der Waals surface area contributed by atoms with Crippen LogP contribution in [0.15, 0.2) is 0 Å². The summed E-state index contributed by atoms with van der Waals surface area (Å²) in [6, 6.07) is 0. The summed E-state index contributed by atoms with van der Waals surface area (Å²) < 4.78 is 10.0. The predicted molar refractivity (Wildman–Crippen MR) is 91.3 cm³/mol. The molecule has 1 aromatic carbocycles. The van der Waals surface area contributed by atoms with Crippen molar-refractivity contribution in [1.82, 2.24) is 0 Å². The Labute approximate surface area is 142 Å². The fourth-order valence-electron chi connectivity index (χ4n) is 1.38. The van der Waals surface area contributed by atoms with E-state index in [1.807, 2.05) is 0 Å². The largest absolute Gasteiger partial charge is 0.425 e. The molecule has 0 bridgehead atoms. The summed E-state index contributed by atoms with van der Waals surface area (Å²) in [4.78, 5) is 11.3. The highest BCUT2D eigenvalue weighted by Crippen LogP contribution is 2.40. The Morgan fingerprint density at radius 2 is 1.47 bits per heavy atom. The van der Waals surface area contributed by atoms with E-state index in [1.54, 1.807) is 0 Å². The number of carbonyl (C=O) groups excluding carboxylic acids is 1. The third-order valence-electron chi connectivity index (χ3n) is 2.11. The van der Waals surface area contributed by atoms with Crippen molar-refractivity contribution in [3.05, 3.63) is 19.8 Å². The van der Waals surface area contributed by atoms with Gasteiger partial charge in [-0.25, -0.2) is 0 Å². The minimum Gasteiger partial charge on any atom is -0.425 e. The van der Waals surface area contributed by atoms with Crippen molar-refractivity contribution < 1.29 is 9.53 Å². The summed E-state index contributed by atoms with van der Waals surface area (Å²) >= 11 is 9.22. The van der Waals surface area contributed by atoms with Gasteiger partial charge in [0.1, 0.15) is 5.75 Å². The quantitative estimate of drug-likeness (QED) is 0.140. The average molecular weight is 652 g/mol. The summed E-state index contributed by atoms with van der Waals surface area (Å²) in [5.74, 6) is 0.661. The van der Waals surface area contributed by atoms with E-state index in [1.165, 1.54) is 16.3 Å². The van der Waals surface area contributed by atoms with E-state index in [0.717, 1.165) is 15.7 Å². The van der Waals surface area contributed by atoms with Gasteiger partial charge in [0.05, 0.1) is 9.99 Å². The zero-order chi connectivity index (χ0) is 11.2. The summed E-state index contributed by atoms with van der Waals surface area (Å²) in [6.07, 6.45) is 1.30. The topological polar surface area (TPSA) is 26.3 Å². The summed E-state index contributed by atoms with van der Waals surface area (Å²) in [6.45, 7) is 0. The molecule has 0 unspecified atom stereocenters. The molecule has 0 N–H and O–H groups in total. The maximum atomic E-state index is 11.3. The van der Waals surface area contributed by atoms with Crippen LogP contribution >= 0.6 is 90.4 Å². The van der Waals surface area contributed by atoms with Gasteiger partial charge >= 0.3 is 5.97 Å². The maximum absolute atomic E-state index is 11.3. The van der Waals surface area contributed by atoms with Gasteiger partial charge in [-0.15, -0.1) is 0 Å². The molecule has 0 fully saturated rings. The molecule has 0 saturated carbocycles. The lowest BCUT2D eigenvalue weighted by molar-refractivity contribution is -0.135. The molecule has 0 aliphatic carbocycles. The number of ether oxygens (including phenoxy) is 1. The van der Waals surface area contributed by atoms with E-state index in [0.29, 0.717) is 6.42 Å². The van der Waals surface area contributed by atoms with Crippen molar-refractivity contribution in [3.8, 4) is 5.75 Å². The van der Waals surface area contributed by atoms with Gasteiger partial charge in [-0.05, 0) is 96.8 Å². The normalized spacial score (nSPS) is 14.8. The SMILES string of the molecule is O=C1CCc2c(I)c(I)c(I)c(I)c2O1. The standard InChI is InChI=1S/C9H4I4O2/c10-5-3-1-2-4(14)15-9(3)8(13)7(12)6(5)11/h1-2H2. The minimum absolute atomic E-state index is 0.117. The summed E-state index contributed by atoms with van der Waals surface area (Å²) in [7, 11) is 0. The van der Waals surface area contributed by atoms with Crippen LogP contribution < -0.4 is 4.74 Å². The van der Waals surface area contributed by atoms with Gasteiger partial charge in [0.2, 0.25) is 0 Å². The van der Waals surface area contributed by atoms with Crippen molar-refractivity contribution >= 4 is 96.3 Å². The molecule has 0 amide bonds. The first-order chi connectivity index (χ1) is 7.02. The van der Waals surface area contributed by atoms with Gasteiger partial charge < -0.3 is 4.74 Å². The molecule has 0 radical (unpaired) electrons. The van der Waals surface area contributed by atoms with E-state index in [4.69, 9.17) is 4.74 Å². The Kier molecular flexibility index (Phi) is 4.42. The van der Waals surface area contributed by atoms with Crippen LogP contribution in [0.3, 0.4) is 0 Å². The second-order valence-electron chi connectivity index (χ2n) is 3.04. The molecule has 2 nitrogen and oxygen atoms in total. The van der Waals surface area contributed by atoms with Crippen LogP contribution in [0.25, 0.3) is 0 Å². The van der Waals surface area contributed by atoms with Crippen LogP contribution in [0.2, 0.25) is 0 Å². The molecule has 0 spiro atoms. The molecule has 1 heterocycles. The van der Waals surface area contributed by atoms with E-state index in [2.05, 4.69) is 90.4 Å². The van der Waals surface area contributed by atoms with Crippen molar-refractivity contribution in [2.45, 2.75) is 12.8 Å². The van der Waals surface area contributed by atoms with E-state index >= 15 is 0 Å². The Bertz CT molecular complexity index is 456. The third-order valence-corrected chi connectivity index (χ3v) is 9.58.